The molecule has 3 saturated heterocycles. The van der Waals surface area contributed by atoms with Gasteiger partial charge in [0, 0.05) is 47.5 Å². The predicted octanol–water partition coefficient (Wildman–Crippen LogP) is -1.92. The first kappa shape index (κ1) is 65.6. The number of ether oxygens (including phenoxy) is 3. The van der Waals surface area contributed by atoms with Crippen LogP contribution in [-0.4, -0.2) is 238 Å². The Labute approximate surface area is 507 Å². The molecule has 5 heterocycles. The second kappa shape index (κ2) is 27.5. The summed E-state index contributed by atoms with van der Waals surface area (Å²) in [7, 11) is 0. The maximum atomic E-state index is 14.6. The van der Waals surface area contributed by atoms with Gasteiger partial charge in [-0.3, -0.25) is 19.2 Å². The first-order valence-electron chi connectivity index (χ1n) is 29.2. The van der Waals surface area contributed by atoms with E-state index in [2.05, 4.69) is 54.6 Å². The molecule has 474 valence electrons. The Hall–Kier alpha value is -6.89. The van der Waals surface area contributed by atoms with Gasteiger partial charge in [-0.2, -0.15) is 4.58 Å². The maximum Gasteiger partial charge on any atom is 0.240 e. The fourth-order valence-electron chi connectivity index (χ4n) is 12.7. The van der Waals surface area contributed by atoms with Crippen LogP contribution in [0.5, 0.6) is 0 Å². The summed E-state index contributed by atoms with van der Waals surface area (Å²) in [6, 6.07) is 19.3. The lowest BCUT2D eigenvalue weighted by Gasteiger charge is -2.40. The highest BCUT2D eigenvalue weighted by atomic mass is 16.6. The monoisotopic (exact) mass is 1220 g/mol. The Morgan fingerprint density at radius 2 is 1.00 bits per heavy atom. The molecule has 3 fully saturated rings. The van der Waals surface area contributed by atoms with Gasteiger partial charge in [0.15, 0.2) is 31.1 Å². The van der Waals surface area contributed by atoms with Crippen LogP contribution in [0.4, 0.5) is 11.4 Å². The van der Waals surface area contributed by atoms with E-state index in [-0.39, 0.29) is 25.9 Å². The lowest BCUT2D eigenvalue weighted by atomic mass is 9.79. The summed E-state index contributed by atoms with van der Waals surface area (Å²) in [4.78, 5) is 58.4. The average Bonchev–Trinajstić information content (AvgIpc) is 1.76. The predicted molar refractivity (Wildman–Crippen MR) is 318 cm³/mol. The minimum Gasteiger partial charge on any atom is -0.394 e. The van der Waals surface area contributed by atoms with Crippen molar-refractivity contribution in [1.29, 1.82) is 0 Å². The van der Waals surface area contributed by atoms with Crippen molar-refractivity contribution in [2.24, 2.45) is 0 Å². The van der Waals surface area contributed by atoms with Crippen molar-refractivity contribution in [2.75, 3.05) is 50.9 Å². The van der Waals surface area contributed by atoms with Gasteiger partial charge in [0.05, 0.1) is 31.7 Å². The van der Waals surface area contributed by atoms with E-state index >= 15 is 0 Å². The molecule has 0 saturated carbocycles. The second-order valence-electron chi connectivity index (χ2n) is 23.7. The highest BCUT2D eigenvalue weighted by Gasteiger charge is 2.49. The summed E-state index contributed by atoms with van der Waals surface area (Å²) in [6.45, 7) is 4.66. The van der Waals surface area contributed by atoms with E-state index in [1.165, 1.54) is 0 Å². The van der Waals surface area contributed by atoms with Crippen LogP contribution in [-0.2, 0) is 44.2 Å². The van der Waals surface area contributed by atoms with Gasteiger partial charge in [0.1, 0.15) is 86.2 Å². The normalized spacial score (nSPS) is 30.6. The summed E-state index contributed by atoms with van der Waals surface area (Å²) >= 11 is 0. The molecular weight excluding hydrogens is 1140 g/mol. The van der Waals surface area contributed by atoms with Crippen molar-refractivity contribution in [2.45, 2.75) is 143 Å². The number of hydrogen-bond donors (Lipinski definition) is 15. The van der Waals surface area contributed by atoms with Crippen LogP contribution in [0, 0.1) is 0 Å². The number of nitrogens with one attached hydrogen (secondary N) is 3. The summed E-state index contributed by atoms with van der Waals surface area (Å²) in [5.41, 5.74) is 4.16. The zero-order valence-corrected chi connectivity index (χ0v) is 49.1. The number of nitrogens with zero attached hydrogens (tertiary/aromatic N) is 3. The number of aliphatic hydroxyl groups excluding tert-OH is 12. The molecule has 15 atom stereocenters. The molecular formula is C63H79N6O19+. The molecule has 25 heteroatoms. The third kappa shape index (κ3) is 13.2. The molecule has 4 aromatic carbocycles. The molecule has 9 rings (SSSR count). The first-order chi connectivity index (χ1) is 41.9. The van der Waals surface area contributed by atoms with Crippen LogP contribution in [0.2, 0.25) is 0 Å². The standard InChI is InChI=1S/C63H78N6O19/c1-62(2)42(68(37-22-20-33-14-10-12-16-35(33)48(37)62)26-24-44(73)64-50-56(80)53(77)39(30-70)86-59(50)83)18-8-6-5-7-9-19-43-63(3,4)49-36-17-13-11-15-34(36)21-23-38(49)69(43)27-25-47(76)67(28-45(74)65-51-57(81)54(78)40(31-71)87-60(51)84)29-46(75)66-52-58(82)55(79)41(32-72)88-61(52)85/h5-23,39-41,50-61,70-72,77-85H,24-32H2,1-4H3,(H2-,64,65,66,73,74,75)/p+1/t39-,40-,41-,50-,51-,52-,53-,54-,55-,56-,57-,58-,59-,60-,61-/m1/s1. The highest BCUT2D eigenvalue weighted by Crippen LogP contribution is 2.51. The number of aliphatic hydroxyl groups is 12. The molecule has 5 aliphatic heterocycles. The minimum atomic E-state index is -1.90. The van der Waals surface area contributed by atoms with Crippen LogP contribution in [0.15, 0.2) is 121 Å². The van der Waals surface area contributed by atoms with Crippen molar-refractivity contribution >= 4 is 62.3 Å². The van der Waals surface area contributed by atoms with Gasteiger partial charge in [-0.15, -0.1) is 0 Å². The molecule has 88 heavy (non-hydrogen) atoms. The molecule has 0 aliphatic carbocycles. The molecule has 5 aliphatic rings. The summed E-state index contributed by atoms with van der Waals surface area (Å²) in [6.07, 6.45) is -6.89. The average molecular weight is 1220 g/mol. The number of carbonyl (C=O) groups excluding carboxylic acids is 4. The summed E-state index contributed by atoms with van der Waals surface area (Å²) in [5.74, 6) is -3.26. The molecule has 0 radical (unpaired) electrons. The van der Waals surface area contributed by atoms with Gasteiger partial charge in [0.2, 0.25) is 29.3 Å². The lowest BCUT2D eigenvalue weighted by Crippen LogP contribution is -2.65. The quantitative estimate of drug-likeness (QED) is 0.0339. The van der Waals surface area contributed by atoms with Crippen molar-refractivity contribution < 1.29 is 99.2 Å². The molecule has 0 aromatic heterocycles. The van der Waals surface area contributed by atoms with Crippen LogP contribution in [0.25, 0.3) is 21.5 Å². The number of fused-ring (bicyclic) bond motifs is 6. The van der Waals surface area contributed by atoms with Crippen LogP contribution in [0.1, 0.15) is 51.7 Å². The van der Waals surface area contributed by atoms with E-state index < -0.39 is 159 Å². The fourth-order valence-corrected chi connectivity index (χ4v) is 12.7. The maximum absolute atomic E-state index is 14.6. The van der Waals surface area contributed by atoms with Gasteiger partial charge in [0.25, 0.3) is 0 Å². The largest absolute Gasteiger partial charge is 0.394 e. The molecule has 15 N–H and O–H groups in total. The number of hydrogen-bond acceptors (Lipinski definition) is 20. The lowest BCUT2D eigenvalue weighted by molar-refractivity contribution is -0.436. The van der Waals surface area contributed by atoms with E-state index in [1.54, 1.807) is 0 Å². The molecule has 4 aromatic rings. The number of benzene rings is 4. The zero-order valence-electron chi connectivity index (χ0n) is 49.1. The number of carbonyl (C=O) groups is 4. The zero-order chi connectivity index (χ0) is 63.5. The Morgan fingerprint density at radius 3 is 1.51 bits per heavy atom. The molecule has 25 nitrogen and oxygen atoms in total. The van der Waals surface area contributed by atoms with E-state index in [0.29, 0.717) is 0 Å². The molecule has 0 unspecified atom stereocenters. The molecule has 0 spiro atoms. The summed E-state index contributed by atoms with van der Waals surface area (Å²) in [5, 5.41) is 135. The number of rotatable bonds is 20. The van der Waals surface area contributed by atoms with E-state index in [1.807, 2.05) is 114 Å². The number of anilines is 1. The first-order valence-corrected chi connectivity index (χ1v) is 29.2. The van der Waals surface area contributed by atoms with E-state index in [4.69, 9.17) is 14.2 Å². The Morgan fingerprint density at radius 1 is 0.545 bits per heavy atom. The number of allylic oxidation sites excluding steroid dienone is 8. The third-order valence-electron chi connectivity index (χ3n) is 17.3. The van der Waals surface area contributed by atoms with Crippen LogP contribution < -0.4 is 20.9 Å². The molecule has 4 amide bonds. The van der Waals surface area contributed by atoms with Gasteiger partial charge in [-0.1, -0.05) is 98.8 Å². The fraction of sp³-hybridized carbons (Fsp3) is 0.476. The highest BCUT2D eigenvalue weighted by molar-refractivity contribution is 6.08. The Kier molecular flexibility index (Phi) is 20.5. The third-order valence-corrected chi connectivity index (χ3v) is 17.3. The topological polar surface area (TPSA) is 384 Å². The van der Waals surface area contributed by atoms with E-state index in [9.17, 15) is 80.5 Å². The van der Waals surface area contributed by atoms with Crippen molar-refractivity contribution in [1.82, 2.24) is 20.9 Å². The van der Waals surface area contributed by atoms with Crippen LogP contribution >= 0.6 is 0 Å². The smallest absolute Gasteiger partial charge is 0.240 e. The molecule has 0 bridgehead atoms. The summed E-state index contributed by atoms with van der Waals surface area (Å²) < 4.78 is 17.6. The van der Waals surface area contributed by atoms with Crippen LogP contribution in [0.3, 0.4) is 0 Å². The van der Waals surface area contributed by atoms with Crippen molar-refractivity contribution in [3.05, 3.63) is 132 Å². The van der Waals surface area contributed by atoms with Crippen molar-refractivity contribution in [3.8, 4) is 0 Å². The van der Waals surface area contributed by atoms with E-state index in [0.717, 1.165) is 60.4 Å². The number of amides is 4. The van der Waals surface area contributed by atoms with Gasteiger partial charge < -0.3 is 101 Å². The van der Waals surface area contributed by atoms with Gasteiger partial charge in [-0.25, -0.2) is 0 Å². The SMILES string of the molecule is CC1(C)C(=CC=CC=CC=CC2=[N+](CCC(=O)N(CC(=O)N[C@@H]3[C@@H](O)[C@H](O)[C@@H](CO)O[C@H]3O)CC(=O)N[C@@H]3[C@@H](O)[C@H](O)[C@@H](CO)O[C@H]3O)c3ccc4ccccc4c3C2(C)C)N(CCC(=O)N[C@@H]2[C@@H](O)[C@H](O)[C@@H](CO)O[C@H]2O)c2ccc3ccccc3c21. The Bertz CT molecular complexity index is 3330. The van der Waals surface area contributed by atoms with Crippen molar-refractivity contribution in [3.63, 3.8) is 0 Å². The second-order valence-corrected chi connectivity index (χ2v) is 23.7. The van der Waals surface area contributed by atoms with Gasteiger partial charge in [-0.05, 0) is 59.2 Å². The minimum absolute atomic E-state index is 0.00810. The Balaban J connectivity index is 0.959. The van der Waals surface area contributed by atoms with Gasteiger partial charge >= 0.3 is 0 Å².